The second-order valence-electron chi connectivity index (χ2n) is 5.73. The van der Waals surface area contributed by atoms with Crippen LogP contribution in [0.3, 0.4) is 0 Å². The Balaban J connectivity index is 1.91. The van der Waals surface area contributed by atoms with Crippen molar-refractivity contribution in [3.05, 3.63) is 42.0 Å². The molecule has 0 aliphatic carbocycles. The molecule has 0 atom stereocenters. The summed E-state index contributed by atoms with van der Waals surface area (Å²) in [6.07, 6.45) is 2.80. The maximum Gasteiger partial charge on any atom is 0.240 e. The number of methoxy groups -OCH3 is 2. The Morgan fingerprint density at radius 1 is 1.07 bits per heavy atom. The second-order valence-corrected chi connectivity index (χ2v) is 5.73. The van der Waals surface area contributed by atoms with Crippen LogP contribution >= 0.6 is 0 Å². The zero-order valence-corrected chi connectivity index (χ0v) is 15.5. The zero-order chi connectivity index (χ0) is 19.2. The standard InChI is InChI=1S/C18H22N6O3/c1-4-7-27-17-10-15(20-11-21-17)24-16(22-18(19)23-24)9-12-5-6-13(25-2)14(8-12)26-3/h5-6,8,10-11H,4,7,9H2,1-3H3,(H2,19,23). The minimum Gasteiger partial charge on any atom is -0.493 e. The number of nitrogens with zero attached hydrogens (tertiary/aromatic N) is 5. The summed E-state index contributed by atoms with van der Waals surface area (Å²) in [4.78, 5) is 12.7. The highest BCUT2D eigenvalue weighted by Crippen LogP contribution is 2.28. The van der Waals surface area contributed by atoms with Gasteiger partial charge in [-0.15, -0.1) is 5.10 Å². The summed E-state index contributed by atoms with van der Waals surface area (Å²) in [7, 11) is 3.20. The van der Waals surface area contributed by atoms with Gasteiger partial charge in [0.25, 0.3) is 0 Å². The highest BCUT2D eigenvalue weighted by molar-refractivity contribution is 5.44. The number of hydrogen-bond acceptors (Lipinski definition) is 8. The minimum absolute atomic E-state index is 0.167. The lowest BCUT2D eigenvalue weighted by Gasteiger charge is -2.10. The van der Waals surface area contributed by atoms with Crippen molar-refractivity contribution in [3.8, 4) is 23.2 Å². The number of nitrogens with two attached hydrogens (primary N) is 1. The lowest BCUT2D eigenvalue weighted by atomic mass is 10.1. The van der Waals surface area contributed by atoms with E-state index < -0.39 is 0 Å². The maximum absolute atomic E-state index is 5.83. The maximum atomic E-state index is 5.83. The van der Waals surface area contributed by atoms with Crippen LogP contribution < -0.4 is 19.9 Å². The average molecular weight is 370 g/mol. The van der Waals surface area contributed by atoms with E-state index >= 15 is 0 Å². The van der Waals surface area contributed by atoms with E-state index in [-0.39, 0.29) is 5.95 Å². The fourth-order valence-electron chi connectivity index (χ4n) is 2.56. The van der Waals surface area contributed by atoms with Crippen LogP contribution in [0.25, 0.3) is 5.82 Å². The monoisotopic (exact) mass is 370 g/mol. The van der Waals surface area contributed by atoms with Crippen molar-refractivity contribution in [3.63, 3.8) is 0 Å². The third-order valence-corrected chi connectivity index (χ3v) is 3.80. The predicted octanol–water partition coefficient (Wildman–Crippen LogP) is 2.04. The highest BCUT2D eigenvalue weighted by Gasteiger charge is 2.14. The Hall–Kier alpha value is -3.36. The number of rotatable bonds is 8. The van der Waals surface area contributed by atoms with E-state index in [9.17, 15) is 0 Å². The Labute approximate surface area is 157 Å². The molecule has 1 aromatic carbocycles. The third-order valence-electron chi connectivity index (χ3n) is 3.80. The van der Waals surface area contributed by atoms with E-state index in [1.165, 1.54) is 6.33 Å². The van der Waals surface area contributed by atoms with Crippen molar-refractivity contribution in [2.75, 3.05) is 26.6 Å². The van der Waals surface area contributed by atoms with E-state index in [2.05, 4.69) is 20.1 Å². The van der Waals surface area contributed by atoms with Gasteiger partial charge in [-0.2, -0.15) is 9.67 Å². The van der Waals surface area contributed by atoms with Crippen LogP contribution in [0.2, 0.25) is 0 Å². The predicted molar refractivity (Wildman–Crippen MR) is 99.5 cm³/mol. The normalized spacial score (nSPS) is 10.6. The van der Waals surface area contributed by atoms with Crippen LogP contribution in [0.4, 0.5) is 5.95 Å². The summed E-state index contributed by atoms with van der Waals surface area (Å²) >= 11 is 0. The molecule has 27 heavy (non-hydrogen) atoms. The number of nitrogen functional groups attached to an aromatic ring is 1. The largest absolute Gasteiger partial charge is 0.493 e. The first-order valence-electron chi connectivity index (χ1n) is 8.52. The van der Waals surface area contributed by atoms with Gasteiger partial charge in [0.2, 0.25) is 11.8 Å². The summed E-state index contributed by atoms with van der Waals surface area (Å²) in [5, 5.41) is 4.26. The molecule has 0 saturated carbocycles. The van der Waals surface area contributed by atoms with E-state index in [0.29, 0.717) is 42.0 Å². The number of benzene rings is 1. The Morgan fingerprint density at radius 3 is 2.63 bits per heavy atom. The second kappa shape index (κ2) is 8.35. The SMILES string of the molecule is CCCOc1cc(-n2nc(N)nc2Cc2ccc(OC)c(OC)c2)ncn1. The summed E-state index contributed by atoms with van der Waals surface area (Å²) in [6.45, 7) is 2.61. The number of anilines is 1. The van der Waals surface area contributed by atoms with Gasteiger partial charge >= 0.3 is 0 Å². The van der Waals surface area contributed by atoms with Crippen LogP contribution in [-0.4, -0.2) is 45.6 Å². The molecule has 2 aromatic heterocycles. The van der Waals surface area contributed by atoms with Crippen LogP contribution in [0, 0.1) is 0 Å². The van der Waals surface area contributed by atoms with Crippen molar-refractivity contribution in [1.29, 1.82) is 0 Å². The first-order valence-corrected chi connectivity index (χ1v) is 8.52. The molecule has 0 radical (unpaired) electrons. The molecule has 0 aliphatic rings. The molecule has 0 saturated heterocycles. The van der Waals surface area contributed by atoms with Gasteiger partial charge in [0.1, 0.15) is 12.2 Å². The van der Waals surface area contributed by atoms with Crippen LogP contribution in [0.1, 0.15) is 24.7 Å². The van der Waals surface area contributed by atoms with Gasteiger partial charge in [-0.05, 0) is 24.1 Å². The molecule has 142 valence electrons. The van der Waals surface area contributed by atoms with Crippen LogP contribution in [-0.2, 0) is 6.42 Å². The fraction of sp³-hybridized carbons (Fsp3) is 0.333. The molecule has 0 spiro atoms. The lowest BCUT2D eigenvalue weighted by molar-refractivity contribution is 0.304. The van der Waals surface area contributed by atoms with Gasteiger partial charge in [0, 0.05) is 12.5 Å². The van der Waals surface area contributed by atoms with Crippen LogP contribution in [0.15, 0.2) is 30.6 Å². The average Bonchev–Trinajstić information content (AvgIpc) is 3.06. The molecule has 3 aromatic rings. The van der Waals surface area contributed by atoms with Gasteiger partial charge in [-0.25, -0.2) is 9.97 Å². The first kappa shape index (κ1) is 18.4. The number of ether oxygens (including phenoxy) is 3. The van der Waals surface area contributed by atoms with Crippen molar-refractivity contribution in [2.45, 2.75) is 19.8 Å². The van der Waals surface area contributed by atoms with E-state index in [1.54, 1.807) is 25.0 Å². The molecule has 2 heterocycles. The molecule has 2 N–H and O–H groups in total. The minimum atomic E-state index is 0.167. The quantitative estimate of drug-likeness (QED) is 0.641. The Bertz CT molecular complexity index is 912. The van der Waals surface area contributed by atoms with Gasteiger partial charge in [0.05, 0.1) is 20.8 Å². The van der Waals surface area contributed by atoms with E-state index in [0.717, 1.165) is 12.0 Å². The summed E-state index contributed by atoms with van der Waals surface area (Å²) in [5.74, 6) is 3.13. The Morgan fingerprint density at radius 2 is 1.89 bits per heavy atom. The van der Waals surface area contributed by atoms with Crippen molar-refractivity contribution in [2.24, 2.45) is 0 Å². The highest BCUT2D eigenvalue weighted by atomic mass is 16.5. The zero-order valence-electron chi connectivity index (χ0n) is 15.5. The fourth-order valence-corrected chi connectivity index (χ4v) is 2.56. The van der Waals surface area contributed by atoms with Gasteiger partial charge in [0.15, 0.2) is 17.3 Å². The van der Waals surface area contributed by atoms with Crippen molar-refractivity contribution < 1.29 is 14.2 Å². The molecule has 9 heteroatoms. The Kier molecular flexibility index (Phi) is 5.70. The van der Waals surface area contributed by atoms with E-state index in [1.807, 2.05) is 25.1 Å². The summed E-state index contributed by atoms with van der Waals surface area (Å²) in [5.41, 5.74) is 6.80. The topological polar surface area (TPSA) is 110 Å². The molecule has 3 rings (SSSR count). The van der Waals surface area contributed by atoms with Gasteiger partial charge < -0.3 is 19.9 Å². The van der Waals surface area contributed by atoms with Gasteiger partial charge in [-0.1, -0.05) is 13.0 Å². The smallest absolute Gasteiger partial charge is 0.240 e. The molecule has 9 nitrogen and oxygen atoms in total. The molecule has 0 amide bonds. The van der Waals surface area contributed by atoms with E-state index in [4.69, 9.17) is 19.9 Å². The molecule has 0 fully saturated rings. The summed E-state index contributed by atoms with van der Waals surface area (Å²) < 4.78 is 17.8. The number of hydrogen-bond donors (Lipinski definition) is 1. The molecule has 0 bridgehead atoms. The third kappa shape index (κ3) is 4.25. The molecule has 0 unspecified atom stereocenters. The van der Waals surface area contributed by atoms with Crippen LogP contribution in [0.5, 0.6) is 17.4 Å². The summed E-state index contributed by atoms with van der Waals surface area (Å²) in [6, 6.07) is 7.39. The van der Waals surface area contributed by atoms with Crippen molar-refractivity contribution in [1.82, 2.24) is 24.7 Å². The number of aromatic nitrogens is 5. The molecular weight excluding hydrogens is 348 g/mol. The van der Waals surface area contributed by atoms with Gasteiger partial charge in [-0.3, -0.25) is 0 Å². The molecular formula is C18H22N6O3. The van der Waals surface area contributed by atoms with Crippen molar-refractivity contribution >= 4 is 5.95 Å². The lowest BCUT2D eigenvalue weighted by Crippen LogP contribution is -2.08. The molecule has 0 aliphatic heterocycles. The first-order chi connectivity index (χ1) is 13.1.